The van der Waals surface area contributed by atoms with E-state index in [1.807, 2.05) is 0 Å². The Morgan fingerprint density at radius 3 is 2.19 bits per heavy atom. The summed E-state index contributed by atoms with van der Waals surface area (Å²) >= 11 is 0. The van der Waals surface area contributed by atoms with Gasteiger partial charge < -0.3 is 9.47 Å². The van der Waals surface area contributed by atoms with E-state index >= 15 is 0 Å². The van der Waals surface area contributed by atoms with Gasteiger partial charge in [0.25, 0.3) is 0 Å². The van der Waals surface area contributed by atoms with Crippen LogP contribution in [0.25, 0.3) is 27.5 Å². The van der Waals surface area contributed by atoms with Crippen LogP contribution in [0.15, 0.2) is 121 Å². The van der Waals surface area contributed by atoms with Crippen LogP contribution < -0.4 is 4.90 Å². The van der Waals surface area contributed by atoms with Crippen molar-refractivity contribution in [2.75, 3.05) is 4.90 Å². The average Bonchev–Trinajstić information content (AvgIpc) is 3.38. The van der Waals surface area contributed by atoms with E-state index in [1.165, 1.54) is 50.1 Å². The van der Waals surface area contributed by atoms with Crippen LogP contribution >= 0.6 is 0 Å². The smallest absolute Gasteiger partial charge is 0.0545 e. The van der Waals surface area contributed by atoms with E-state index < -0.39 is 0 Å². The average molecular weight is 411 g/mol. The third-order valence-electron chi connectivity index (χ3n) is 6.86. The van der Waals surface area contributed by atoms with Crippen molar-refractivity contribution in [3.63, 3.8) is 0 Å². The molecule has 0 fully saturated rings. The standard InChI is InChI=1S/C30H22N2/c1-3-11-21(12-4-1)31-25-17-9-7-15-23(25)29-27(31)19-20-28-30(29)24-16-8-10-18-26(24)32(28)22-13-5-2-6-14-22/h1-15,17-20,24H,16H2. The van der Waals surface area contributed by atoms with E-state index in [0.29, 0.717) is 5.92 Å². The molecule has 1 atom stereocenters. The van der Waals surface area contributed by atoms with Crippen molar-refractivity contribution in [3.8, 4) is 5.69 Å². The highest BCUT2D eigenvalue weighted by atomic mass is 15.2. The Labute approximate surface area is 187 Å². The second kappa shape index (κ2) is 6.73. The van der Waals surface area contributed by atoms with Gasteiger partial charge in [0.2, 0.25) is 0 Å². The molecule has 7 rings (SSSR count). The summed E-state index contributed by atoms with van der Waals surface area (Å²) in [6.07, 6.45) is 7.84. The predicted octanol–water partition coefficient (Wildman–Crippen LogP) is 7.86. The molecule has 1 aliphatic carbocycles. The first-order valence-corrected chi connectivity index (χ1v) is 11.3. The summed E-state index contributed by atoms with van der Waals surface area (Å²) in [6, 6.07) is 34.9. The first-order valence-electron chi connectivity index (χ1n) is 11.3. The van der Waals surface area contributed by atoms with Crippen LogP contribution in [0.4, 0.5) is 11.4 Å². The summed E-state index contributed by atoms with van der Waals surface area (Å²) in [5, 5.41) is 2.71. The Balaban J connectivity index is 1.60. The number of fused-ring (bicyclic) bond motifs is 7. The number of hydrogen-bond donors (Lipinski definition) is 0. The van der Waals surface area contributed by atoms with Gasteiger partial charge in [-0.15, -0.1) is 0 Å². The zero-order valence-corrected chi connectivity index (χ0v) is 17.6. The van der Waals surface area contributed by atoms with E-state index in [-0.39, 0.29) is 0 Å². The predicted molar refractivity (Wildman–Crippen MR) is 134 cm³/mol. The topological polar surface area (TPSA) is 8.17 Å². The fourth-order valence-corrected chi connectivity index (χ4v) is 5.60. The first-order chi connectivity index (χ1) is 15.9. The van der Waals surface area contributed by atoms with Gasteiger partial charge in [0.05, 0.1) is 16.7 Å². The van der Waals surface area contributed by atoms with E-state index in [2.05, 4.69) is 125 Å². The maximum atomic E-state index is 2.46. The minimum atomic E-state index is 0.369. The lowest BCUT2D eigenvalue weighted by molar-refractivity contribution is 0.825. The number of benzene rings is 4. The Morgan fingerprint density at radius 2 is 1.38 bits per heavy atom. The zero-order chi connectivity index (χ0) is 21.1. The van der Waals surface area contributed by atoms with Gasteiger partial charge in [-0.05, 0) is 60.5 Å². The number of anilines is 2. The molecule has 0 saturated carbocycles. The highest BCUT2D eigenvalue weighted by Crippen LogP contribution is 2.54. The van der Waals surface area contributed by atoms with Crippen molar-refractivity contribution in [3.05, 3.63) is 127 Å². The Hall–Kier alpha value is -4.04. The molecule has 0 saturated heterocycles. The molecule has 152 valence electrons. The van der Waals surface area contributed by atoms with Crippen LogP contribution in [-0.2, 0) is 0 Å². The van der Waals surface area contributed by atoms with Gasteiger partial charge in [0.1, 0.15) is 0 Å². The summed E-state index contributed by atoms with van der Waals surface area (Å²) in [6.45, 7) is 0. The van der Waals surface area contributed by atoms with E-state index in [4.69, 9.17) is 0 Å². The molecule has 1 aromatic heterocycles. The second-order valence-corrected chi connectivity index (χ2v) is 8.56. The maximum Gasteiger partial charge on any atom is 0.0545 e. The molecule has 0 bridgehead atoms. The SMILES string of the molecule is C1=CCC2C(=C1)N(c1ccccc1)c1ccc3c(c12)c1ccccc1n3-c1ccccc1. The molecule has 2 nitrogen and oxygen atoms in total. The highest BCUT2D eigenvalue weighted by Gasteiger charge is 2.37. The molecule has 0 N–H and O–H groups in total. The molecule has 32 heavy (non-hydrogen) atoms. The Kier molecular flexibility index (Phi) is 3.71. The largest absolute Gasteiger partial charge is 0.313 e. The lowest BCUT2D eigenvalue weighted by Gasteiger charge is -2.24. The molecule has 2 aliphatic rings. The summed E-state index contributed by atoms with van der Waals surface area (Å²) in [5.74, 6) is 0.369. The molecule has 1 aliphatic heterocycles. The first kappa shape index (κ1) is 17.6. The molecule has 5 aromatic rings. The van der Waals surface area contributed by atoms with Gasteiger partial charge in [-0.3, -0.25) is 0 Å². The zero-order valence-electron chi connectivity index (χ0n) is 17.6. The molecule has 1 unspecified atom stereocenters. The van der Waals surface area contributed by atoms with Gasteiger partial charge in [-0.1, -0.05) is 66.7 Å². The molecular weight excluding hydrogens is 388 g/mol. The molecule has 4 aromatic carbocycles. The lowest BCUT2D eigenvalue weighted by atomic mass is 9.89. The normalized spacial score (nSPS) is 16.9. The molecule has 2 heterocycles. The van der Waals surface area contributed by atoms with Crippen LogP contribution in [0.5, 0.6) is 0 Å². The summed E-state index contributed by atoms with van der Waals surface area (Å²) in [4.78, 5) is 2.46. The van der Waals surface area contributed by atoms with Crippen molar-refractivity contribution in [2.45, 2.75) is 12.3 Å². The number of allylic oxidation sites excluding steroid dienone is 4. The van der Waals surface area contributed by atoms with Crippen LogP contribution in [0.3, 0.4) is 0 Å². The Morgan fingerprint density at radius 1 is 0.656 bits per heavy atom. The number of para-hydroxylation sites is 3. The molecular formula is C30H22N2. The van der Waals surface area contributed by atoms with Gasteiger partial charge in [0.15, 0.2) is 0 Å². The quantitative estimate of drug-likeness (QED) is 0.287. The second-order valence-electron chi connectivity index (χ2n) is 8.56. The molecule has 2 heteroatoms. The van der Waals surface area contributed by atoms with Crippen molar-refractivity contribution in [2.24, 2.45) is 0 Å². The van der Waals surface area contributed by atoms with Crippen molar-refractivity contribution in [1.29, 1.82) is 0 Å². The molecule has 0 radical (unpaired) electrons. The van der Waals surface area contributed by atoms with Gasteiger partial charge in [-0.2, -0.15) is 0 Å². The van der Waals surface area contributed by atoms with Crippen LogP contribution in [0.2, 0.25) is 0 Å². The van der Waals surface area contributed by atoms with Gasteiger partial charge in [0, 0.05) is 33.8 Å². The van der Waals surface area contributed by atoms with Crippen molar-refractivity contribution < 1.29 is 0 Å². The highest BCUT2D eigenvalue weighted by molar-refractivity contribution is 6.14. The van der Waals surface area contributed by atoms with E-state index in [0.717, 1.165) is 6.42 Å². The molecule has 0 spiro atoms. The summed E-state index contributed by atoms with van der Waals surface area (Å²) in [5.41, 5.74) is 9.10. The third kappa shape index (κ3) is 2.35. The minimum absolute atomic E-state index is 0.369. The van der Waals surface area contributed by atoms with E-state index in [1.54, 1.807) is 0 Å². The number of nitrogens with zero attached hydrogens (tertiary/aromatic N) is 2. The van der Waals surface area contributed by atoms with Crippen LogP contribution in [0, 0.1) is 0 Å². The summed E-state index contributed by atoms with van der Waals surface area (Å²) < 4.78 is 2.41. The number of aromatic nitrogens is 1. The number of rotatable bonds is 2. The lowest BCUT2D eigenvalue weighted by Crippen LogP contribution is -2.14. The van der Waals surface area contributed by atoms with Crippen molar-refractivity contribution >= 4 is 33.2 Å². The fourth-order valence-electron chi connectivity index (χ4n) is 5.60. The van der Waals surface area contributed by atoms with Gasteiger partial charge >= 0.3 is 0 Å². The van der Waals surface area contributed by atoms with Crippen LogP contribution in [0.1, 0.15) is 17.9 Å². The van der Waals surface area contributed by atoms with Crippen LogP contribution in [-0.4, -0.2) is 4.57 Å². The summed E-state index contributed by atoms with van der Waals surface area (Å²) in [7, 11) is 0. The fraction of sp³-hybridized carbons (Fsp3) is 0.0667. The molecule has 0 amide bonds. The van der Waals surface area contributed by atoms with Gasteiger partial charge in [-0.25, -0.2) is 0 Å². The monoisotopic (exact) mass is 410 g/mol. The third-order valence-corrected chi connectivity index (χ3v) is 6.86. The maximum absolute atomic E-state index is 2.46. The Bertz CT molecular complexity index is 1540. The minimum Gasteiger partial charge on any atom is -0.313 e. The van der Waals surface area contributed by atoms with Crippen molar-refractivity contribution in [1.82, 2.24) is 4.57 Å². The van der Waals surface area contributed by atoms with E-state index in [9.17, 15) is 0 Å². The number of hydrogen-bond acceptors (Lipinski definition) is 1.